The summed E-state index contributed by atoms with van der Waals surface area (Å²) in [7, 11) is -3.87. The molecule has 1 N–H and O–H groups in total. The van der Waals surface area contributed by atoms with Gasteiger partial charge in [-0.2, -0.15) is 4.31 Å². The van der Waals surface area contributed by atoms with Crippen LogP contribution in [-0.4, -0.2) is 31.4 Å². The number of nitrogens with one attached hydrogen (secondary N) is 1. The summed E-state index contributed by atoms with van der Waals surface area (Å²) in [5, 5.41) is 2.84. The van der Waals surface area contributed by atoms with Crippen LogP contribution < -0.4 is 5.32 Å². The minimum atomic E-state index is -3.87. The second-order valence-electron chi connectivity index (χ2n) is 6.46. The summed E-state index contributed by atoms with van der Waals surface area (Å²) < 4.78 is 28.5. The van der Waals surface area contributed by atoms with E-state index in [2.05, 4.69) is 21.2 Å². The third-order valence-corrected chi connectivity index (χ3v) is 7.48. The smallest absolute Gasteiger partial charge is 0.243 e. The SMILES string of the molecule is CSc1ccccc1NC(=O)CN(Cc1ccccc1)S(=O)(=O)c1ccc(Br)cc1. The first-order valence-corrected chi connectivity index (χ1v) is 12.6. The lowest BCUT2D eigenvalue weighted by Gasteiger charge is -2.22. The van der Waals surface area contributed by atoms with E-state index in [0.717, 1.165) is 14.9 Å². The molecule has 0 saturated carbocycles. The fourth-order valence-corrected chi connectivity index (χ4v) is 5.07. The molecule has 0 saturated heterocycles. The first kappa shape index (κ1) is 22.6. The Labute approximate surface area is 189 Å². The molecule has 8 heteroatoms. The molecule has 0 aliphatic carbocycles. The number of anilines is 1. The number of sulfonamides is 1. The van der Waals surface area contributed by atoms with Crippen LogP contribution >= 0.6 is 27.7 Å². The Hall–Kier alpha value is -2.13. The van der Waals surface area contributed by atoms with Gasteiger partial charge in [-0.1, -0.05) is 58.4 Å². The van der Waals surface area contributed by atoms with Crippen LogP contribution in [0.3, 0.4) is 0 Å². The van der Waals surface area contributed by atoms with Crippen LogP contribution in [0.2, 0.25) is 0 Å². The summed E-state index contributed by atoms with van der Waals surface area (Å²) in [5.74, 6) is -0.395. The molecule has 0 aliphatic rings. The van der Waals surface area contributed by atoms with Gasteiger partial charge in [0, 0.05) is 15.9 Å². The van der Waals surface area contributed by atoms with Crippen LogP contribution in [0.15, 0.2) is 93.1 Å². The summed E-state index contributed by atoms with van der Waals surface area (Å²) in [5.41, 5.74) is 1.46. The van der Waals surface area contributed by atoms with Crippen LogP contribution in [0.5, 0.6) is 0 Å². The molecule has 0 heterocycles. The number of carbonyl (C=O) groups excluding carboxylic acids is 1. The van der Waals surface area contributed by atoms with Crippen molar-refractivity contribution in [2.24, 2.45) is 0 Å². The average molecular weight is 505 g/mol. The van der Waals surface area contributed by atoms with Crippen molar-refractivity contribution in [3.8, 4) is 0 Å². The van der Waals surface area contributed by atoms with Crippen molar-refractivity contribution in [2.75, 3.05) is 18.1 Å². The van der Waals surface area contributed by atoms with Gasteiger partial charge in [-0.3, -0.25) is 4.79 Å². The van der Waals surface area contributed by atoms with E-state index in [-0.39, 0.29) is 18.0 Å². The second-order valence-corrected chi connectivity index (χ2v) is 10.2. The summed E-state index contributed by atoms with van der Waals surface area (Å²) >= 11 is 4.83. The first-order valence-electron chi connectivity index (χ1n) is 9.12. The van der Waals surface area contributed by atoms with E-state index in [1.807, 2.05) is 54.8 Å². The fraction of sp³-hybridized carbons (Fsp3) is 0.136. The van der Waals surface area contributed by atoms with Gasteiger partial charge in [-0.15, -0.1) is 11.8 Å². The standard InChI is InChI=1S/C22H21BrN2O3S2/c1-29-21-10-6-5-9-20(21)24-22(26)16-25(15-17-7-3-2-4-8-17)30(27,28)19-13-11-18(23)12-14-19/h2-14H,15-16H2,1H3,(H,24,26). The number of hydrogen-bond donors (Lipinski definition) is 1. The van der Waals surface area contributed by atoms with Crippen molar-refractivity contribution >= 4 is 49.3 Å². The number of para-hydroxylation sites is 1. The Morgan fingerprint density at radius 2 is 1.60 bits per heavy atom. The Kier molecular flexibility index (Phi) is 7.71. The maximum absolute atomic E-state index is 13.3. The molecule has 0 aromatic heterocycles. The van der Waals surface area contributed by atoms with Gasteiger partial charge >= 0.3 is 0 Å². The van der Waals surface area contributed by atoms with Gasteiger partial charge in [-0.25, -0.2) is 8.42 Å². The number of thioether (sulfide) groups is 1. The molecule has 3 aromatic carbocycles. The number of halogens is 1. The topological polar surface area (TPSA) is 66.5 Å². The van der Waals surface area contributed by atoms with E-state index in [1.54, 1.807) is 18.2 Å². The quantitative estimate of drug-likeness (QED) is 0.438. The van der Waals surface area contributed by atoms with Gasteiger partial charge in [0.05, 0.1) is 17.1 Å². The summed E-state index contributed by atoms with van der Waals surface area (Å²) in [6.45, 7) is -0.202. The molecule has 156 valence electrons. The Morgan fingerprint density at radius 3 is 2.27 bits per heavy atom. The van der Waals surface area contributed by atoms with Gasteiger partial charge in [0.2, 0.25) is 15.9 Å². The molecule has 0 bridgehead atoms. The van der Waals surface area contributed by atoms with Gasteiger partial charge in [0.15, 0.2) is 0 Å². The van der Waals surface area contributed by atoms with Crippen molar-refractivity contribution < 1.29 is 13.2 Å². The highest BCUT2D eigenvalue weighted by molar-refractivity contribution is 9.10. The molecule has 3 rings (SSSR count). The average Bonchev–Trinajstić information content (AvgIpc) is 2.74. The van der Waals surface area contributed by atoms with Crippen molar-refractivity contribution in [3.63, 3.8) is 0 Å². The minimum Gasteiger partial charge on any atom is -0.324 e. The van der Waals surface area contributed by atoms with E-state index in [0.29, 0.717) is 5.69 Å². The predicted molar refractivity (Wildman–Crippen MR) is 125 cm³/mol. The molecular formula is C22H21BrN2O3S2. The lowest BCUT2D eigenvalue weighted by atomic mass is 10.2. The summed E-state index contributed by atoms with van der Waals surface area (Å²) in [6.07, 6.45) is 1.92. The molecule has 30 heavy (non-hydrogen) atoms. The highest BCUT2D eigenvalue weighted by atomic mass is 79.9. The Bertz CT molecular complexity index is 1100. The summed E-state index contributed by atoms with van der Waals surface area (Å²) in [6, 6.07) is 23.0. The van der Waals surface area contributed by atoms with Crippen molar-refractivity contribution in [3.05, 3.63) is 88.9 Å². The van der Waals surface area contributed by atoms with E-state index in [4.69, 9.17) is 0 Å². The number of carbonyl (C=O) groups is 1. The van der Waals surface area contributed by atoms with Gasteiger partial charge in [0.1, 0.15) is 0 Å². The van der Waals surface area contributed by atoms with Crippen LogP contribution in [0, 0.1) is 0 Å². The van der Waals surface area contributed by atoms with E-state index >= 15 is 0 Å². The lowest BCUT2D eigenvalue weighted by molar-refractivity contribution is -0.116. The fourth-order valence-electron chi connectivity index (χ4n) is 2.87. The molecule has 0 fully saturated rings. The van der Waals surface area contributed by atoms with Crippen LogP contribution in [0.25, 0.3) is 0 Å². The second kappa shape index (κ2) is 10.3. The molecule has 3 aromatic rings. The van der Waals surface area contributed by atoms with Crippen LogP contribution in [-0.2, 0) is 21.4 Å². The van der Waals surface area contributed by atoms with Crippen LogP contribution in [0.4, 0.5) is 5.69 Å². The maximum Gasteiger partial charge on any atom is 0.243 e. The van der Waals surface area contributed by atoms with Gasteiger partial charge in [-0.05, 0) is 48.2 Å². The van der Waals surface area contributed by atoms with Crippen molar-refractivity contribution in [1.29, 1.82) is 0 Å². The van der Waals surface area contributed by atoms with E-state index in [9.17, 15) is 13.2 Å². The highest BCUT2D eigenvalue weighted by Gasteiger charge is 2.27. The number of amides is 1. The van der Waals surface area contributed by atoms with Crippen molar-refractivity contribution in [2.45, 2.75) is 16.3 Å². The third-order valence-electron chi connectivity index (χ3n) is 4.35. The molecule has 0 radical (unpaired) electrons. The third kappa shape index (κ3) is 5.72. The number of nitrogens with zero attached hydrogens (tertiary/aromatic N) is 1. The Morgan fingerprint density at radius 1 is 0.967 bits per heavy atom. The zero-order valence-corrected chi connectivity index (χ0v) is 19.5. The maximum atomic E-state index is 13.3. The highest BCUT2D eigenvalue weighted by Crippen LogP contribution is 2.25. The zero-order valence-electron chi connectivity index (χ0n) is 16.3. The number of hydrogen-bond acceptors (Lipinski definition) is 4. The summed E-state index contributed by atoms with van der Waals surface area (Å²) in [4.78, 5) is 13.8. The van der Waals surface area contributed by atoms with E-state index in [1.165, 1.54) is 28.2 Å². The van der Waals surface area contributed by atoms with Crippen molar-refractivity contribution in [1.82, 2.24) is 4.31 Å². The monoisotopic (exact) mass is 504 g/mol. The molecule has 5 nitrogen and oxygen atoms in total. The normalized spacial score (nSPS) is 11.4. The predicted octanol–water partition coefficient (Wildman–Crippen LogP) is 5.00. The van der Waals surface area contributed by atoms with E-state index < -0.39 is 15.9 Å². The van der Waals surface area contributed by atoms with Crippen LogP contribution in [0.1, 0.15) is 5.56 Å². The van der Waals surface area contributed by atoms with Gasteiger partial charge in [0.25, 0.3) is 0 Å². The molecule has 0 unspecified atom stereocenters. The minimum absolute atomic E-state index is 0.0941. The Balaban J connectivity index is 1.87. The molecule has 0 atom stereocenters. The largest absolute Gasteiger partial charge is 0.324 e. The molecule has 1 amide bonds. The lowest BCUT2D eigenvalue weighted by Crippen LogP contribution is -2.37. The molecular weight excluding hydrogens is 484 g/mol. The van der Waals surface area contributed by atoms with Gasteiger partial charge < -0.3 is 5.32 Å². The molecule has 0 spiro atoms. The molecule has 0 aliphatic heterocycles. The number of rotatable bonds is 8. The number of benzene rings is 3. The zero-order chi connectivity index (χ0) is 21.6. The first-order chi connectivity index (χ1) is 14.4.